The molecule has 0 N–H and O–H groups in total. The van der Waals surface area contributed by atoms with E-state index >= 15 is 0 Å². The molecule has 4 atom stereocenters. The van der Waals surface area contributed by atoms with Gasteiger partial charge in [-0.25, -0.2) is 0 Å². The van der Waals surface area contributed by atoms with Gasteiger partial charge in [-0.05, 0) is 6.42 Å². The van der Waals surface area contributed by atoms with Crippen LogP contribution in [0, 0.1) is 23.2 Å². The minimum atomic E-state index is -1.31. The summed E-state index contributed by atoms with van der Waals surface area (Å²) in [5.74, 6) is -0.0883. The van der Waals surface area contributed by atoms with Crippen molar-refractivity contribution in [2.24, 2.45) is 23.2 Å². The van der Waals surface area contributed by atoms with Crippen LogP contribution in [-0.2, 0) is 10.8 Å². The Balaban J connectivity index is 1.00. The van der Waals surface area contributed by atoms with Crippen LogP contribution in [-0.4, -0.2) is 50.9 Å². The molecule has 534 valence electrons. The van der Waals surface area contributed by atoms with E-state index in [1.165, 1.54) is 11.1 Å². The van der Waals surface area contributed by atoms with Gasteiger partial charge in [0.1, 0.15) is 0 Å². The van der Waals surface area contributed by atoms with Crippen molar-refractivity contribution in [3.63, 3.8) is 0 Å². The molecule has 7 heteroatoms. The van der Waals surface area contributed by atoms with E-state index in [1.807, 2.05) is 84.9 Å². The molecule has 6 heterocycles. The maximum absolute atomic E-state index is 12.2. The Morgan fingerprint density at radius 1 is 0.486 bits per heavy atom. The quantitative estimate of drug-likeness (QED) is 0.111. The molecule has 5 aliphatic rings. The molecule has 0 bridgehead atoms. The summed E-state index contributed by atoms with van der Waals surface area (Å²) >= 11 is -0.840. The van der Waals surface area contributed by atoms with Crippen molar-refractivity contribution >= 4 is 163 Å². The molecule has 109 heavy (non-hydrogen) atoms. The Bertz CT molecular complexity index is 7380. The van der Waals surface area contributed by atoms with Crippen molar-refractivity contribution < 1.29 is 19.2 Å². The van der Waals surface area contributed by atoms with E-state index in [0.717, 1.165) is 123 Å². The van der Waals surface area contributed by atoms with Crippen LogP contribution in [0.3, 0.4) is 0 Å². The molecular formula is C102H91BN4Se2. The predicted molar refractivity (Wildman–Crippen MR) is 471 cm³/mol. The van der Waals surface area contributed by atoms with Gasteiger partial charge < -0.3 is 0 Å². The molecule has 4 nitrogen and oxygen atoms in total. The summed E-state index contributed by atoms with van der Waals surface area (Å²) < 4.78 is 156. The van der Waals surface area contributed by atoms with Gasteiger partial charge in [-0.1, -0.05) is 59.8 Å². The van der Waals surface area contributed by atoms with Gasteiger partial charge in [0.05, 0.1) is 0 Å². The van der Waals surface area contributed by atoms with Crippen LogP contribution in [0.4, 0.5) is 28.4 Å². The zero-order valence-corrected chi connectivity index (χ0v) is 66.4. The molecule has 0 radical (unpaired) electrons. The van der Waals surface area contributed by atoms with E-state index < -0.39 is 82.8 Å². The van der Waals surface area contributed by atoms with Gasteiger partial charge in [-0.15, -0.1) is 0 Å². The van der Waals surface area contributed by atoms with E-state index in [2.05, 4.69) is 169 Å². The van der Waals surface area contributed by atoms with Gasteiger partial charge in [-0.3, -0.25) is 0 Å². The van der Waals surface area contributed by atoms with Crippen molar-refractivity contribution in [3.05, 3.63) is 289 Å². The summed E-state index contributed by atoms with van der Waals surface area (Å²) in [6.45, 7) is 19.0. The van der Waals surface area contributed by atoms with Crippen LogP contribution in [0.15, 0.2) is 278 Å². The van der Waals surface area contributed by atoms with E-state index in [-0.39, 0.29) is 127 Å². The number of allylic oxidation sites excluding steroid dienone is 4. The normalized spacial score (nSPS) is 20.0. The molecule has 3 aliphatic carbocycles. The van der Waals surface area contributed by atoms with Crippen LogP contribution in [0.5, 0.6) is 0 Å². The number of benzene rings is 12. The molecule has 4 aromatic heterocycles. The fourth-order valence-corrected chi connectivity index (χ4v) is 24.3. The maximum atomic E-state index is 12.2. The Labute approximate surface area is 672 Å². The number of hydrogen-bond donors (Lipinski definition) is 0. The third-order valence-corrected chi connectivity index (χ3v) is 29.6. The van der Waals surface area contributed by atoms with Gasteiger partial charge in [0.15, 0.2) is 0 Å². The molecular weight excluding hydrogens is 1450 g/mol. The van der Waals surface area contributed by atoms with Crippen molar-refractivity contribution in [1.82, 2.24) is 9.13 Å². The number of para-hydroxylation sites is 2. The van der Waals surface area contributed by atoms with Crippen LogP contribution < -0.4 is 26.2 Å². The molecule has 2 aliphatic heterocycles. The summed E-state index contributed by atoms with van der Waals surface area (Å²) in [6.07, 6.45) is 16.6. The molecule has 4 unspecified atom stereocenters. The Morgan fingerprint density at radius 3 is 1.57 bits per heavy atom. The van der Waals surface area contributed by atoms with E-state index in [1.54, 1.807) is 9.13 Å². The fraction of sp³-hybridized carbons (Fsp3) is 0.235. The van der Waals surface area contributed by atoms with Crippen LogP contribution >= 0.6 is 0 Å². The van der Waals surface area contributed by atoms with Gasteiger partial charge in [-0.2, -0.15) is 0 Å². The molecule has 0 fully saturated rings. The fourth-order valence-electron chi connectivity index (χ4n) is 19.1. The Hall–Kier alpha value is -9.84. The van der Waals surface area contributed by atoms with E-state index in [0.29, 0.717) is 50.0 Å². The molecule has 0 amide bonds. The molecule has 0 saturated heterocycles. The molecule has 12 aromatic carbocycles. The molecule has 0 saturated carbocycles. The number of rotatable bonds is 8. The van der Waals surface area contributed by atoms with E-state index in [9.17, 15) is 19.2 Å². The zero-order valence-electron chi connectivity index (χ0n) is 77.0. The number of fused-ring (bicyclic) bond motifs is 18. The summed E-state index contributed by atoms with van der Waals surface area (Å²) in [6, 6.07) is 48.6. The Morgan fingerprint density at radius 2 is 1.02 bits per heavy atom. The second-order valence-corrected chi connectivity index (χ2v) is 38.5. The third kappa shape index (κ3) is 10.6. The summed E-state index contributed by atoms with van der Waals surface area (Å²) in [4.78, 5) is 4.62. The first-order valence-electron chi connectivity index (χ1n) is 46.0. The zero-order chi connectivity index (χ0) is 85.7. The first kappa shape index (κ1) is 53.9. The minimum absolute atomic E-state index is 0.0148. The van der Waals surface area contributed by atoms with E-state index in [4.69, 9.17) is 0 Å². The standard InChI is InChI=1S/C102H91BN4Se2/c1-100(2,3)66-54-79(62-30-14-10-15-31-62)94(80(55-66)63-32-16-11-17-33-63)106-87-60-69(104-85-42-26-22-38-71(85)75-48-50-77-73-40-24-28-44-91(73)108-98(77)96(75)104)46-52-83(87)103-84-53-47-70(105-86-43-27-23-39-72(86)76-49-51-78-74-41-25-29-45-92(74)109-99(78)97(76)105)61-88(84)107(90-59-68(102(7,8)9)58-89(106)93(90)103)95-81(64-34-18-12-19-35-64)56-67(101(4,5)6)57-82(95)65-36-20-13-21-37-65/h10-12,14-18,22-33,36,38-56,58-61,64,67,82,95H,13,19-21,34-35,37,57H2,1-9H3/i22D,23D,26D,27D,38D,39D,42D,43D,46D,47D,52D,53D,60D,61D. The predicted octanol–water partition coefficient (Wildman–Crippen LogP) is 25.1. The molecule has 21 rings (SSSR count). The monoisotopic (exact) mass is 1560 g/mol. The topological polar surface area (TPSA) is 16.3 Å². The first-order valence-corrected chi connectivity index (χ1v) is 42.4. The first-order chi connectivity index (χ1) is 58.8. The second kappa shape index (κ2) is 25.4. The SMILES string of the molecule is [2H]c1c([2H])c(-n2c3c([2H])c([2H])c([2H])c([2H])c3c3ccc4c5ccccc5[se]c4c32)c([2H])c2c1B1c3c(cc(C(C)(C)C)cc3N(C3C(C4CC=CCC4)=CC(C(C)(C)C)CC3C3=CCCCC3)c3c([2H])c(-n4c5c([2H])c([2H])c([2H])c([2H])c5c5ccc6c7ccccc7[se]c6c54)c([2H])c([2H])c31)N2c1c(-c2ccccc2)cc(C(C)(C)C)cc1-c1ccccc1. The van der Waals surface area contributed by atoms with Crippen LogP contribution in [0.1, 0.15) is 144 Å². The summed E-state index contributed by atoms with van der Waals surface area (Å²) in [7, 11) is 0. The number of anilines is 5. The number of aromatic nitrogens is 2. The number of nitrogens with zero attached hydrogens (tertiary/aromatic N) is 4. The molecule has 0 spiro atoms. The second-order valence-electron chi connectivity index (χ2n) is 34.1. The van der Waals surface area contributed by atoms with Gasteiger partial charge in [0.25, 0.3) is 0 Å². The average molecular weight is 1560 g/mol. The van der Waals surface area contributed by atoms with Crippen LogP contribution in [0.25, 0.3) is 116 Å². The van der Waals surface area contributed by atoms with Gasteiger partial charge >= 0.3 is 611 Å². The van der Waals surface area contributed by atoms with Gasteiger partial charge in [0, 0.05) is 0 Å². The average Bonchev–Trinajstić information content (AvgIpc) is 1.53. The molecule has 16 aromatic rings. The third-order valence-electron chi connectivity index (χ3n) is 24.6. The summed E-state index contributed by atoms with van der Waals surface area (Å²) in [5, 5.41) is 5.36. The Kier molecular flexibility index (Phi) is 12.5. The van der Waals surface area contributed by atoms with Crippen molar-refractivity contribution in [3.8, 4) is 33.6 Å². The van der Waals surface area contributed by atoms with Crippen molar-refractivity contribution in [2.75, 3.05) is 9.80 Å². The van der Waals surface area contributed by atoms with Gasteiger partial charge in [0.2, 0.25) is 0 Å². The van der Waals surface area contributed by atoms with Crippen LogP contribution in [0.2, 0.25) is 0 Å². The summed E-state index contributed by atoms with van der Waals surface area (Å²) in [5.41, 5.74) is 11.1. The van der Waals surface area contributed by atoms with Crippen molar-refractivity contribution in [1.29, 1.82) is 0 Å². The van der Waals surface area contributed by atoms with Crippen molar-refractivity contribution in [2.45, 2.75) is 131 Å². The number of hydrogen-bond acceptors (Lipinski definition) is 2.